The van der Waals surface area contributed by atoms with Crippen molar-refractivity contribution >= 4 is 18.0 Å². The number of aromatic nitrogens is 4. The van der Waals surface area contributed by atoms with E-state index in [1.165, 1.54) is 4.68 Å². The Bertz CT molecular complexity index is 817. The summed E-state index contributed by atoms with van der Waals surface area (Å²) in [5.74, 6) is 0.536. The van der Waals surface area contributed by atoms with Crippen LogP contribution in [0.25, 0.3) is 5.69 Å². The topological polar surface area (TPSA) is 80.4 Å². The van der Waals surface area contributed by atoms with Crippen molar-refractivity contribution in [1.82, 2.24) is 19.8 Å². The second-order valence-corrected chi connectivity index (χ2v) is 5.73. The normalized spacial score (nSPS) is 26.5. The van der Waals surface area contributed by atoms with Crippen LogP contribution in [0.2, 0.25) is 0 Å². The third-order valence-corrected chi connectivity index (χ3v) is 4.40. The first-order valence-corrected chi connectivity index (χ1v) is 7.57. The Hall–Kier alpha value is -2.10. The van der Waals surface area contributed by atoms with Gasteiger partial charge in [-0.1, -0.05) is 12.1 Å². The van der Waals surface area contributed by atoms with E-state index in [4.69, 9.17) is 26.4 Å². The molecule has 2 saturated heterocycles. The summed E-state index contributed by atoms with van der Waals surface area (Å²) in [7, 11) is 1.58. The number of fused-ring (bicyclic) bond motifs is 2. The molecule has 23 heavy (non-hydrogen) atoms. The predicted molar refractivity (Wildman–Crippen MR) is 80.0 cm³/mol. The number of para-hydroxylation sites is 2. The molecular formula is C14H14N4O4S. The van der Waals surface area contributed by atoms with Crippen LogP contribution in [0.4, 0.5) is 0 Å². The number of carbonyl (C=O) groups excluding carboxylic acids is 1. The van der Waals surface area contributed by atoms with E-state index in [1.807, 2.05) is 24.3 Å². The Labute approximate surface area is 136 Å². The Kier molecular flexibility index (Phi) is 3.47. The van der Waals surface area contributed by atoms with Crippen molar-refractivity contribution in [2.24, 2.45) is 0 Å². The zero-order valence-electron chi connectivity index (χ0n) is 12.3. The number of tetrazole rings is 1. The van der Waals surface area contributed by atoms with E-state index in [-0.39, 0.29) is 24.3 Å². The van der Waals surface area contributed by atoms with Gasteiger partial charge in [0, 0.05) is 6.42 Å². The number of nitrogens with zero attached hydrogens (tertiary/aromatic N) is 4. The summed E-state index contributed by atoms with van der Waals surface area (Å²) in [6.07, 6.45) is -0.712. The van der Waals surface area contributed by atoms with Gasteiger partial charge in [0.05, 0.1) is 19.8 Å². The van der Waals surface area contributed by atoms with Crippen molar-refractivity contribution in [2.45, 2.75) is 24.9 Å². The molecular weight excluding hydrogens is 320 g/mol. The van der Waals surface area contributed by atoms with E-state index in [1.54, 1.807) is 11.8 Å². The Morgan fingerprint density at radius 3 is 3.00 bits per heavy atom. The van der Waals surface area contributed by atoms with Crippen LogP contribution in [0.3, 0.4) is 0 Å². The Balaban J connectivity index is 1.74. The predicted octanol–water partition coefficient (Wildman–Crippen LogP) is 1.06. The van der Waals surface area contributed by atoms with E-state index < -0.39 is 6.29 Å². The number of benzene rings is 1. The number of hydrogen-bond donors (Lipinski definition) is 0. The zero-order valence-corrected chi connectivity index (χ0v) is 13.1. The molecule has 0 N–H and O–H groups in total. The standard InChI is InChI=1S/C14H14N4O4S/c1-20-11-5-3-2-4-8(11)17-14(23)18(16-15-17)9-6-10(19)13-21-7-12(9)22-13/h2-5,9,12-13H,6-7H2,1H3. The van der Waals surface area contributed by atoms with Gasteiger partial charge in [0.15, 0.2) is 5.78 Å². The van der Waals surface area contributed by atoms with Gasteiger partial charge in [-0.15, -0.1) is 0 Å². The van der Waals surface area contributed by atoms with Crippen LogP contribution in [0.1, 0.15) is 12.5 Å². The molecule has 2 aliphatic heterocycles. The summed E-state index contributed by atoms with van der Waals surface area (Å²) in [5.41, 5.74) is 0.690. The minimum Gasteiger partial charge on any atom is -0.494 e. The molecule has 3 heterocycles. The summed E-state index contributed by atoms with van der Waals surface area (Å²) in [6, 6.07) is 7.07. The quantitative estimate of drug-likeness (QED) is 0.777. The highest BCUT2D eigenvalue weighted by Crippen LogP contribution is 2.33. The molecule has 1 aromatic carbocycles. The highest BCUT2D eigenvalue weighted by atomic mass is 32.1. The lowest BCUT2D eigenvalue weighted by Crippen LogP contribution is -2.37. The number of methoxy groups -OCH3 is 1. The van der Waals surface area contributed by atoms with Gasteiger partial charge in [0.1, 0.15) is 17.5 Å². The van der Waals surface area contributed by atoms with Gasteiger partial charge in [-0.2, -0.15) is 4.68 Å². The fourth-order valence-electron chi connectivity index (χ4n) is 2.89. The van der Waals surface area contributed by atoms with E-state index in [2.05, 4.69) is 10.4 Å². The minimum absolute atomic E-state index is 0.0995. The van der Waals surface area contributed by atoms with E-state index >= 15 is 0 Å². The number of ketones is 1. The minimum atomic E-state index is -0.741. The average Bonchev–Trinajstić information content (AvgIpc) is 3.16. The molecule has 2 aliphatic rings. The summed E-state index contributed by atoms with van der Waals surface area (Å²) in [5, 5.41) is 8.24. The SMILES string of the molecule is COc1ccccc1-n1nnn(C2CC(=O)C3OCC2O3)c1=S. The third-order valence-electron chi connectivity index (χ3n) is 4.04. The number of rotatable bonds is 3. The van der Waals surface area contributed by atoms with Crippen molar-refractivity contribution in [3.8, 4) is 11.4 Å². The van der Waals surface area contributed by atoms with Crippen LogP contribution in [-0.2, 0) is 14.3 Å². The molecule has 8 nitrogen and oxygen atoms in total. The van der Waals surface area contributed by atoms with E-state index in [0.29, 0.717) is 22.8 Å². The van der Waals surface area contributed by atoms with Crippen molar-refractivity contribution in [1.29, 1.82) is 0 Å². The zero-order chi connectivity index (χ0) is 16.0. The second kappa shape index (κ2) is 5.52. The third kappa shape index (κ3) is 2.28. The molecule has 2 aromatic rings. The first kappa shape index (κ1) is 14.5. The number of Topliss-reactive ketones (excluding diaryl/α,β-unsaturated/α-hetero) is 1. The van der Waals surface area contributed by atoms with Gasteiger partial charge < -0.3 is 14.2 Å². The summed E-state index contributed by atoms with van der Waals surface area (Å²) >= 11 is 5.49. The molecule has 1 aromatic heterocycles. The van der Waals surface area contributed by atoms with Crippen LogP contribution in [0, 0.1) is 4.77 Å². The average molecular weight is 334 g/mol. The van der Waals surface area contributed by atoms with Crippen molar-refractivity contribution < 1.29 is 19.0 Å². The molecule has 0 aliphatic carbocycles. The molecule has 2 fully saturated rings. The number of carbonyl (C=O) groups is 1. The van der Waals surface area contributed by atoms with Crippen LogP contribution in [0.5, 0.6) is 5.75 Å². The maximum Gasteiger partial charge on any atom is 0.221 e. The summed E-state index contributed by atoms with van der Waals surface area (Å²) in [6.45, 7) is 0.352. The largest absolute Gasteiger partial charge is 0.494 e. The molecule has 3 unspecified atom stereocenters. The van der Waals surface area contributed by atoms with E-state index in [0.717, 1.165) is 0 Å². The molecule has 0 spiro atoms. The molecule has 0 amide bonds. The number of hydrogen-bond acceptors (Lipinski definition) is 7. The van der Waals surface area contributed by atoms with Crippen LogP contribution in [-0.4, -0.2) is 51.7 Å². The lowest BCUT2D eigenvalue weighted by Gasteiger charge is -2.25. The van der Waals surface area contributed by atoms with Gasteiger partial charge in [0.25, 0.3) is 0 Å². The van der Waals surface area contributed by atoms with Gasteiger partial charge in [0.2, 0.25) is 11.1 Å². The lowest BCUT2D eigenvalue weighted by atomic mass is 10.0. The maximum absolute atomic E-state index is 12.0. The molecule has 9 heteroatoms. The molecule has 4 rings (SSSR count). The smallest absolute Gasteiger partial charge is 0.221 e. The highest BCUT2D eigenvalue weighted by molar-refractivity contribution is 7.71. The lowest BCUT2D eigenvalue weighted by molar-refractivity contribution is -0.156. The van der Waals surface area contributed by atoms with Crippen molar-refractivity contribution in [3.05, 3.63) is 29.0 Å². The number of ether oxygens (including phenoxy) is 3. The van der Waals surface area contributed by atoms with Crippen molar-refractivity contribution in [2.75, 3.05) is 13.7 Å². The fourth-order valence-corrected chi connectivity index (χ4v) is 3.20. The molecule has 2 bridgehead atoms. The maximum atomic E-state index is 12.0. The second-order valence-electron chi connectivity index (χ2n) is 5.37. The van der Waals surface area contributed by atoms with Gasteiger partial charge in [-0.05, 0) is 34.8 Å². The molecule has 120 valence electrons. The van der Waals surface area contributed by atoms with Crippen LogP contribution >= 0.6 is 12.2 Å². The fraction of sp³-hybridized carbons (Fsp3) is 0.429. The summed E-state index contributed by atoms with van der Waals surface area (Å²) < 4.78 is 19.6. The highest BCUT2D eigenvalue weighted by Gasteiger charge is 2.45. The Morgan fingerprint density at radius 1 is 1.35 bits per heavy atom. The first-order valence-electron chi connectivity index (χ1n) is 7.16. The van der Waals surface area contributed by atoms with E-state index in [9.17, 15) is 4.79 Å². The van der Waals surface area contributed by atoms with Gasteiger partial charge in [-0.3, -0.25) is 4.79 Å². The van der Waals surface area contributed by atoms with Crippen molar-refractivity contribution in [3.63, 3.8) is 0 Å². The van der Waals surface area contributed by atoms with Gasteiger partial charge in [-0.25, -0.2) is 4.68 Å². The van der Waals surface area contributed by atoms with Crippen LogP contribution < -0.4 is 4.74 Å². The molecule has 0 saturated carbocycles. The monoisotopic (exact) mass is 334 g/mol. The molecule has 3 atom stereocenters. The van der Waals surface area contributed by atoms with Gasteiger partial charge >= 0.3 is 0 Å². The Morgan fingerprint density at radius 2 is 2.17 bits per heavy atom. The molecule has 0 radical (unpaired) electrons. The first-order chi connectivity index (χ1) is 11.2. The summed E-state index contributed by atoms with van der Waals surface area (Å²) in [4.78, 5) is 12.0. The van der Waals surface area contributed by atoms with Crippen LogP contribution in [0.15, 0.2) is 24.3 Å².